The van der Waals surface area contributed by atoms with Crippen molar-refractivity contribution in [2.75, 3.05) is 6.61 Å². The fraction of sp³-hybridized carbons (Fsp3) is 0.600. The van der Waals surface area contributed by atoms with Crippen LogP contribution in [0, 0.1) is 0 Å². The van der Waals surface area contributed by atoms with Crippen LogP contribution in [-0.2, 0) is 6.42 Å². The molecule has 70 valence electrons. The summed E-state index contributed by atoms with van der Waals surface area (Å²) in [6.45, 7) is 8.92. The Hall–Kier alpha value is -0.500. The highest BCUT2D eigenvalue weighted by molar-refractivity contribution is 7.08. The Morgan fingerprint density at radius 3 is 2.42 bits per heavy atom. The molecule has 0 saturated heterocycles. The van der Waals surface area contributed by atoms with Gasteiger partial charge in [0.2, 0.25) is 0 Å². The number of ether oxygens (including phenoxy) is 1. The molecule has 0 amide bonds. The van der Waals surface area contributed by atoms with Gasteiger partial charge in [-0.25, -0.2) is 0 Å². The molecule has 0 unspecified atom stereocenters. The molecule has 0 aliphatic heterocycles. The highest BCUT2D eigenvalue weighted by Crippen LogP contribution is 2.23. The van der Waals surface area contributed by atoms with Crippen molar-refractivity contribution < 1.29 is 4.74 Å². The summed E-state index contributed by atoms with van der Waals surface area (Å²) in [5.41, 5.74) is 1.33. The molecule has 0 aromatic carbocycles. The van der Waals surface area contributed by atoms with Gasteiger partial charge in [0, 0.05) is 10.9 Å². The fourth-order valence-electron chi connectivity index (χ4n) is 0.852. The minimum Gasteiger partial charge on any atom is -0.493 e. The maximum atomic E-state index is 5.38. The first-order valence-corrected chi connectivity index (χ1v) is 5.50. The Morgan fingerprint density at radius 2 is 1.92 bits per heavy atom. The van der Waals surface area contributed by atoms with Crippen LogP contribution in [0.25, 0.3) is 0 Å². The maximum absolute atomic E-state index is 5.38. The van der Waals surface area contributed by atoms with Crippen molar-refractivity contribution in [2.24, 2.45) is 0 Å². The van der Waals surface area contributed by atoms with E-state index in [-0.39, 0.29) is 0 Å². The van der Waals surface area contributed by atoms with Crippen molar-refractivity contribution in [3.63, 3.8) is 0 Å². The molecule has 0 fully saturated rings. The van der Waals surface area contributed by atoms with E-state index in [0.717, 1.165) is 18.8 Å². The third kappa shape index (κ3) is 3.26. The van der Waals surface area contributed by atoms with Gasteiger partial charge in [-0.1, -0.05) is 20.8 Å². The molecule has 1 nitrogen and oxygen atoms in total. The van der Waals surface area contributed by atoms with Crippen molar-refractivity contribution in [3.05, 3.63) is 16.3 Å². The standard InChI is InChI=1S/C8H12OS.C2H6/c1-3-7-5-10-6-8(7)9-4-2;1-2/h5-6H,3-4H2,1-2H3;1-2H3. The number of hydrogen-bond acceptors (Lipinski definition) is 2. The van der Waals surface area contributed by atoms with E-state index in [1.165, 1.54) is 5.56 Å². The van der Waals surface area contributed by atoms with Crippen molar-refractivity contribution in [1.29, 1.82) is 0 Å². The lowest BCUT2D eigenvalue weighted by molar-refractivity contribution is 0.338. The summed E-state index contributed by atoms with van der Waals surface area (Å²) >= 11 is 1.71. The Bertz CT molecular complexity index is 193. The van der Waals surface area contributed by atoms with Gasteiger partial charge in [-0.2, -0.15) is 0 Å². The lowest BCUT2D eigenvalue weighted by Gasteiger charge is -2.00. The van der Waals surface area contributed by atoms with Gasteiger partial charge in [0.15, 0.2) is 0 Å². The van der Waals surface area contributed by atoms with Gasteiger partial charge >= 0.3 is 0 Å². The molecule has 1 rings (SSSR count). The first-order chi connectivity index (χ1) is 5.88. The number of aryl methyl sites for hydroxylation is 1. The van der Waals surface area contributed by atoms with E-state index in [1.54, 1.807) is 11.3 Å². The zero-order valence-corrected chi connectivity index (χ0v) is 9.20. The lowest BCUT2D eigenvalue weighted by atomic mass is 10.2. The van der Waals surface area contributed by atoms with E-state index in [9.17, 15) is 0 Å². The van der Waals surface area contributed by atoms with E-state index < -0.39 is 0 Å². The number of hydrogen-bond donors (Lipinski definition) is 0. The lowest BCUT2D eigenvalue weighted by Crippen LogP contribution is -1.91. The van der Waals surface area contributed by atoms with Crippen molar-refractivity contribution in [2.45, 2.75) is 34.1 Å². The summed E-state index contributed by atoms with van der Waals surface area (Å²) in [5, 5.41) is 4.20. The Balaban J connectivity index is 0.000000561. The number of rotatable bonds is 3. The Labute approximate surface area is 79.4 Å². The van der Waals surface area contributed by atoms with Gasteiger partial charge in [-0.3, -0.25) is 0 Å². The minimum absolute atomic E-state index is 0.768. The van der Waals surface area contributed by atoms with Gasteiger partial charge in [-0.05, 0) is 18.7 Å². The van der Waals surface area contributed by atoms with Gasteiger partial charge in [0.1, 0.15) is 5.75 Å². The van der Waals surface area contributed by atoms with Crippen LogP contribution >= 0.6 is 11.3 Å². The highest BCUT2D eigenvalue weighted by Gasteiger charge is 1.99. The van der Waals surface area contributed by atoms with Gasteiger partial charge in [0.25, 0.3) is 0 Å². The first-order valence-electron chi connectivity index (χ1n) is 4.56. The third-order valence-electron chi connectivity index (χ3n) is 1.38. The molecule has 1 aromatic heterocycles. The molecular formula is C10H18OS. The van der Waals surface area contributed by atoms with Crippen LogP contribution in [0.2, 0.25) is 0 Å². The van der Waals surface area contributed by atoms with Crippen molar-refractivity contribution in [3.8, 4) is 5.75 Å². The highest BCUT2D eigenvalue weighted by atomic mass is 32.1. The maximum Gasteiger partial charge on any atom is 0.133 e. The monoisotopic (exact) mass is 186 g/mol. The van der Waals surface area contributed by atoms with Crippen LogP contribution in [-0.4, -0.2) is 6.61 Å². The van der Waals surface area contributed by atoms with E-state index in [2.05, 4.69) is 17.7 Å². The van der Waals surface area contributed by atoms with Crippen molar-refractivity contribution in [1.82, 2.24) is 0 Å². The smallest absolute Gasteiger partial charge is 0.133 e. The molecule has 1 aromatic rings. The Morgan fingerprint density at radius 1 is 1.25 bits per heavy atom. The normalized spacial score (nSPS) is 8.67. The van der Waals surface area contributed by atoms with Crippen LogP contribution in [0.5, 0.6) is 5.75 Å². The first kappa shape index (κ1) is 11.5. The van der Waals surface area contributed by atoms with Crippen LogP contribution in [0.1, 0.15) is 33.3 Å². The molecule has 0 radical (unpaired) electrons. The van der Waals surface area contributed by atoms with Gasteiger partial charge < -0.3 is 4.74 Å². The molecule has 0 atom stereocenters. The van der Waals surface area contributed by atoms with E-state index >= 15 is 0 Å². The summed E-state index contributed by atoms with van der Waals surface area (Å²) in [7, 11) is 0. The van der Waals surface area contributed by atoms with Crippen molar-refractivity contribution >= 4 is 11.3 Å². The van der Waals surface area contributed by atoms with Crippen LogP contribution < -0.4 is 4.74 Å². The second-order valence-corrected chi connectivity index (χ2v) is 2.79. The average Bonchev–Trinajstić information content (AvgIpc) is 2.56. The average molecular weight is 186 g/mol. The summed E-state index contributed by atoms with van der Waals surface area (Å²) in [4.78, 5) is 0. The zero-order chi connectivity index (χ0) is 9.40. The molecule has 0 bridgehead atoms. The topological polar surface area (TPSA) is 9.23 Å². The van der Waals surface area contributed by atoms with Crippen LogP contribution in [0.3, 0.4) is 0 Å². The van der Waals surface area contributed by atoms with E-state index in [0.29, 0.717) is 0 Å². The number of thiophene rings is 1. The van der Waals surface area contributed by atoms with Crippen LogP contribution in [0.15, 0.2) is 10.8 Å². The summed E-state index contributed by atoms with van der Waals surface area (Å²) in [6, 6.07) is 0. The molecule has 0 aliphatic carbocycles. The summed E-state index contributed by atoms with van der Waals surface area (Å²) in [6.07, 6.45) is 1.07. The Kier molecular flexibility index (Phi) is 6.87. The molecule has 12 heavy (non-hydrogen) atoms. The second kappa shape index (κ2) is 7.17. The predicted molar refractivity (Wildman–Crippen MR) is 56.2 cm³/mol. The van der Waals surface area contributed by atoms with E-state index in [4.69, 9.17) is 4.74 Å². The molecule has 1 heterocycles. The van der Waals surface area contributed by atoms with Crippen LogP contribution in [0.4, 0.5) is 0 Å². The molecular weight excluding hydrogens is 168 g/mol. The third-order valence-corrected chi connectivity index (χ3v) is 2.15. The largest absolute Gasteiger partial charge is 0.493 e. The fourth-order valence-corrected chi connectivity index (χ4v) is 1.71. The molecule has 0 spiro atoms. The second-order valence-electron chi connectivity index (χ2n) is 2.05. The predicted octanol–water partition coefficient (Wildman–Crippen LogP) is 3.74. The van der Waals surface area contributed by atoms with Gasteiger partial charge in [0.05, 0.1) is 6.61 Å². The zero-order valence-electron chi connectivity index (χ0n) is 8.39. The summed E-state index contributed by atoms with van der Waals surface area (Å²) in [5.74, 6) is 1.06. The quantitative estimate of drug-likeness (QED) is 0.699. The molecule has 0 saturated carbocycles. The minimum atomic E-state index is 0.768. The summed E-state index contributed by atoms with van der Waals surface area (Å²) < 4.78 is 5.38. The SMILES string of the molecule is CC.CCOc1cscc1CC. The van der Waals surface area contributed by atoms with Gasteiger partial charge in [-0.15, -0.1) is 11.3 Å². The molecule has 0 aliphatic rings. The molecule has 0 N–H and O–H groups in total. The van der Waals surface area contributed by atoms with E-state index in [1.807, 2.05) is 20.8 Å². The molecule has 2 heteroatoms.